The van der Waals surface area contributed by atoms with E-state index in [9.17, 15) is 18.4 Å². The standard InChI is InChI=1S/C66H52Cl2F6N6O9/c1-83-29-41-31-85-33-59(41)79-57-21-37(7-15-55(57)75-61(79)23-39-19-51(73)45(25-49(39)71)53-17-13-47(69)63(77-53)87-27-35-3-9-43(67)10-4-35)65(81)89-66(82)38-8-16-56-58(22-38)80(60-34-86-32-42(60)30-84-2)62(76-56)24-40-20-52(74)46(26-50(40)72)54-18-14-48(70)64(78-54)88-28-36-5-11-44(68)12-6-36/h3-22,25-26,41-42,59-60H,23-24,27-34H2,1-2H3/t41-,42-,59+,60+/m0/s1. The predicted molar refractivity (Wildman–Crippen MR) is 316 cm³/mol. The highest BCUT2D eigenvalue weighted by Crippen LogP contribution is 2.38. The van der Waals surface area contributed by atoms with E-state index in [0.29, 0.717) is 68.1 Å². The molecular formula is C66H52Cl2F6N6O9. The number of esters is 2. The lowest BCUT2D eigenvalue weighted by Gasteiger charge is -2.22. The molecule has 2 saturated heterocycles. The second-order valence-electron chi connectivity index (χ2n) is 21.5. The summed E-state index contributed by atoms with van der Waals surface area (Å²) in [5, 5.41) is 1.01. The Kier molecular flexibility index (Phi) is 17.8. The van der Waals surface area contributed by atoms with Gasteiger partial charge in [0.1, 0.15) is 48.1 Å². The van der Waals surface area contributed by atoms with Crippen LogP contribution in [0.5, 0.6) is 11.8 Å². The summed E-state index contributed by atoms with van der Waals surface area (Å²) < 4.78 is 138. The summed E-state index contributed by atoms with van der Waals surface area (Å²) in [4.78, 5) is 46.3. The number of imidazole rings is 2. The molecule has 456 valence electrons. The number of pyridine rings is 2. The maximum absolute atomic E-state index is 16.3. The summed E-state index contributed by atoms with van der Waals surface area (Å²) in [6, 6.07) is 30.0. The van der Waals surface area contributed by atoms with Crippen LogP contribution in [0.2, 0.25) is 10.0 Å². The summed E-state index contributed by atoms with van der Waals surface area (Å²) in [5.41, 5.74) is 2.09. The molecule has 2 aliphatic rings. The van der Waals surface area contributed by atoms with Crippen LogP contribution in [-0.4, -0.2) is 94.9 Å². The zero-order valence-corrected chi connectivity index (χ0v) is 49.0. The molecule has 0 saturated carbocycles. The van der Waals surface area contributed by atoms with Crippen molar-refractivity contribution < 1.29 is 69.1 Å². The third-order valence-electron chi connectivity index (χ3n) is 15.7. The van der Waals surface area contributed by atoms with Crippen molar-refractivity contribution in [2.45, 2.75) is 38.1 Å². The van der Waals surface area contributed by atoms with Gasteiger partial charge >= 0.3 is 11.9 Å². The Morgan fingerprint density at radius 2 is 0.910 bits per heavy atom. The molecule has 4 aromatic heterocycles. The highest BCUT2D eigenvalue weighted by molar-refractivity contribution is 6.30. The first-order valence-corrected chi connectivity index (χ1v) is 28.8. The van der Waals surface area contributed by atoms with Crippen molar-refractivity contribution in [2.24, 2.45) is 11.8 Å². The fourth-order valence-corrected chi connectivity index (χ4v) is 11.5. The normalized spacial score (nSPS) is 16.6. The number of carbonyl (C=O) groups is 2. The number of ether oxygens (including phenoxy) is 7. The zero-order valence-electron chi connectivity index (χ0n) is 47.5. The van der Waals surface area contributed by atoms with E-state index in [4.69, 9.17) is 66.3 Å². The first-order chi connectivity index (χ1) is 43.1. The molecule has 0 N–H and O–H groups in total. The fraction of sp³-hybridized carbons (Fsp3) is 0.242. The number of fused-ring (bicyclic) bond motifs is 2. The van der Waals surface area contributed by atoms with E-state index in [1.165, 1.54) is 36.4 Å². The van der Waals surface area contributed by atoms with E-state index in [-0.39, 0.29) is 109 Å². The fourth-order valence-electron chi connectivity index (χ4n) is 11.2. The number of benzene rings is 6. The van der Waals surface area contributed by atoms with Crippen molar-refractivity contribution in [3.63, 3.8) is 0 Å². The van der Waals surface area contributed by atoms with Crippen LogP contribution in [0.3, 0.4) is 0 Å². The lowest BCUT2D eigenvalue weighted by molar-refractivity contribution is 0.0397. The van der Waals surface area contributed by atoms with Crippen molar-refractivity contribution in [3.05, 3.63) is 223 Å². The molecule has 2 aliphatic heterocycles. The first kappa shape index (κ1) is 60.6. The van der Waals surface area contributed by atoms with Gasteiger partial charge in [0, 0.05) is 60.1 Å². The van der Waals surface area contributed by atoms with Gasteiger partial charge in [-0.3, -0.25) is 0 Å². The molecule has 89 heavy (non-hydrogen) atoms. The van der Waals surface area contributed by atoms with Crippen molar-refractivity contribution in [3.8, 4) is 34.3 Å². The molecule has 0 unspecified atom stereocenters. The molecule has 2 fully saturated rings. The molecule has 12 rings (SSSR count). The third kappa shape index (κ3) is 12.9. The quantitative estimate of drug-likeness (QED) is 0.0403. The molecule has 0 radical (unpaired) electrons. The van der Waals surface area contributed by atoms with Crippen LogP contribution in [0.1, 0.15) is 66.7 Å². The first-order valence-electron chi connectivity index (χ1n) is 28.0. The van der Waals surface area contributed by atoms with Crippen LogP contribution in [0.25, 0.3) is 44.6 Å². The minimum atomic E-state index is -1.02. The van der Waals surface area contributed by atoms with Crippen LogP contribution in [0, 0.1) is 46.7 Å². The molecule has 0 bridgehead atoms. The van der Waals surface area contributed by atoms with Gasteiger partial charge in [-0.05, 0) is 131 Å². The average Bonchev–Trinajstić information content (AvgIpc) is 2.00. The maximum atomic E-state index is 16.3. The van der Waals surface area contributed by atoms with Gasteiger partial charge in [0.2, 0.25) is 0 Å². The lowest BCUT2D eigenvalue weighted by Crippen LogP contribution is -2.23. The Hall–Kier alpha value is -8.70. The minimum Gasteiger partial charge on any atom is -0.471 e. The van der Waals surface area contributed by atoms with Gasteiger partial charge in [-0.2, -0.15) is 0 Å². The Morgan fingerprint density at radius 3 is 1.31 bits per heavy atom. The molecule has 23 heteroatoms. The van der Waals surface area contributed by atoms with Crippen LogP contribution in [-0.2, 0) is 49.7 Å². The lowest BCUT2D eigenvalue weighted by atomic mass is 10.0. The number of rotatable bonds is 20. The smallest absolute Gasteiger partial charge is 0.346 e. The van der Waals surface area contributed by atoms with Gasteiger partial charge in [-0.25, -0.2) is 55.9 Å². The number of hydrogen-bond donors (Lipinski definition) is 0. The molecule has 6 heterocycles. The van der Waals surface area contributed by atoms with E-state index < -0.39 is 70.7 Å². The Morgan fingerprint density at radius 1 is 0.494 bits per heavy atom. The van der Waals surface area contributed by atoms with Crippen LogP contribution in [0.15, 0.2) is 133 Å². The number of methoxy groups -OCH3 is 2. The van der Waals surface area contributed by atoms with Crippen molar-refractivity contribution >= 4 is 57.2 Å². The highest BCUT2D eigenvalue weighted by Gasteiger charge is 2.36. The topological polar surface area (TPSA) is 160 Å². The molecule has 6 aromatic carbocycles. The monoisotopic (exact) mass is 1260 g/mol. The highest BCUT2D eigenvalue weighted by atomic mass is 35.5. The number of aromatic nitrogens is 6. The second-order valence-corrected chi connectivity index (χ2v) is 22.4. The largest absolute Gasteiger partial charge is 0.471 e. The Bertz CT molecular complexity index is 4050. The van der Waals surface area contributed by atoms with E-state index in [0.717, 1.165) is 36.4 Å². The summed E-state index contributed by atoms with van der Waals surface area (Å²) >= 11 is 12.0. The van der Waals surface area contributed by atoms with Gasteiger partial charge in [0.25, 0.3) is 11.8 Å². The molecule has 10 aromatic rings. The molecular weight excluding hydrogens is 1210 g/mol. The van der Waals surface area contributed by atoms with Gasteiger partial charge < -0.3 is 42.3 Å². The summed E-state index contributed by atoms with van der Waals surface area (Å²) in [7, 11) is 3.09. The van der Waals surface area contributed by atoms with Crippen molar-refractivity contribution in [2.75, 3.05) is 53.9 Å². The van der Waals surface area contributed by atoms with Gasteiger partial charge in [0.15, 0.2) is 11.6 Å². The second kappa shape index (κ2) is 26.2. The summed E-state index contributed by atoms with van der Waals surface area (Å²) in [6.07, 6.45) is -0.452. The molecule has 0 aliphatic carbocycles. The van der Waals surface area contributed by atoms with Crippen LogP contribution >= 0.6 is 23.2 Å². The van der Waals surface area contributed by atoms with E-state index in [1.54, 1.807) is 84.0 Å². The van der Waals surface area contributed by atoms with Crippen LogP contribution in [0.4, 0.5) is 26.3 Å². The number of halogens is 8. The Labute approximate surface area is 514 Å². The van der Waals surface area contributed by atoms with Crippen molar-refractivity contribution in [1.82, 2.24) is 29.1 Å². The van der Waals surface area contributed by atoms with E-state index >= 15 is 17.6 Å². The predicted octanol–water partition coefficient (Wildman–Crippen LogP) is 13.7. The summed E-state index contributed by atoms with van der Waals surface area (Å²) in [6.45, 7) is 1.39. The molecule has 0 amide bonds. The van der Waals surface area contributed by atoms with Crippen molar-refractivity contribution in [1.29, 1.82) is 0 Å². The SMILES string of the molecule is COC[C@H]1COC[C@H]1n1c(Cc2cc(F)c(-c3ccc(F)c(OCc4ccc(Cl)cc4)n3)cc2F)nc2ccc(C(=O)OC(=O)c3ccc4nc(Cc5cc(F)c(-c6ccc(F)c(OCc7ccc(Cl)cc7)n6)cc5F)n([C@@H]5COC[C@@H]5COC)c4c3)cc21. The maximum Gasteiger partial charge on any atom is 0.346 e. The van der Waals surface area contributed by atoms with E-state index in [2.05, 4.69) is 9.97 Å². The minimum absolute atomic E-state index is 0.0389. The number of carbonyl (C=O) groups excluding carboxylic acids is 2. The summed E-state index contributed by atoms with van der Waals surface area (Å²) in [5.74, 6) is -7.62. The molecule has 0 spiro atoms. The third-order valence-corrected chi connectivity index (χ3v) is 16.2. The molecule has 4 atom stereocenters. The molecule has 15 nitrogen and oxygen atoms in total. The van der Waals surface area contributed by atoms with Gasteiger partial charge in [-0.1, -0.05) is 47.5 Å². The van der Waals surface area contributed by atoms with Gasteiger partial charge in [-0.15, -0.1) is 0 Å². The zero-order chi connectivity index (χ0) is 62.0. The number of hydrogen-bond acceptors (Lipinski definition) is 13. The Balaban J connectivity index is 0.805. The average molecular weight is 1260 g/mol. The van der Waals surface area contributed by atoms with Crippen LogP contribution < -0.4 is 9.47 Å². The van der Waals surface area contributed by atoms with Gasteiger partial charge in [0.05, 0.1) is 96.3 Å². The van der Waals surface area contributed by atoms with E-state index in [1.807, 2.05) is 0 Å². The number of nitrogens with zero attached hydrogens (tertiary/aromatic N) is 6.